The number of hydrogen-bond donors (Lipinski definition) is 6. The van der Waals surface area contributed by atoms with Crippen molar-refractivity contribution < 1.29 is 34.4 Å². The zero-order chi connectivity index (χ0) is 59.8. The molecule has 4 aliphatic carbocycles. The summed E-state index contributed by atoms with van der Waals surface area (Å²) >= 11 is 0. The first-order valence-electron chi connectivity index (χ1n) is 28.7. The Balaban J connectivity index is 0.000000178. The van der Waals surface area contributed by atoms with Crippen LogP contribution in [0.1, 0.15) is 179 Å². The Bertz CT molecular complexity index is 3450. The molecular weight excluding hydrogens is 1100 g/mol. The number of rotatable bonds is 22. The van der Waals surface area contributed by atoms with E-state index < -0.39 is 17.2 Å². The first-order valence-corrected chi connectivity index (χ1v) is 28.7. The van der Waals surface area contributed by atoms with Crippen molar-refractivity contribution in [2.24, 2.45) is 23.3 Å². The van der Waals surface area contributed by atoms with Crippen molar-refractivity contribution in [3.63, 3.8) is 0 Å². The molecule has 0 aliphatic heterocycles. The van der Waals surface area contributed by atoms with Gasteiger partial charge in [0.05, 0.1) is 82.2 Å². The van der Waals surface area contributed by atoms with Gasteiger partial charge in [0.2, 0.25) is 0 Å². The number of aromatic carboxylic acids is 1. The Morgan fingerprint density at radius 1 is 0.624 bits per heavy atom. The van der Waals surface area contributed by atoms with Crippen molar-refractivity contribution in [3.05, 3.63) is 170 Å². The van der Waals surface area contributed by atoms with Gasteiger partial charge in [-0.3, -0.25) is 29.1 Å². The van der Waals surface area contributed by atoms with E-state index in [1.54, 1.807) is 99.1 Å². The molecule has 0 atom stereocenters. The number of aliphatic hydroxyl groups is 2. The fourth-order valence-corrected chi connectivity index (χ4v) is 9.33. The number of carboxylic acid groups (broad SMARTS) is 1. The Labute approximate surface area is 500 Å². The fraction of sp³-hybridized carbons (Fsp3) is 0.443. The number of nitrogens with two attached hydrogens (primary N) is 2. The first kappa shape index (κ1) is 64.5. The summed E-state index contributed by atoms with van der Waals surface area (Å²) in [6, 6.07) is 14.7. The molecule has 0 bridgehead atoms. The van der Waals surface area contributed by atoms with Crippen LogP contribution in [0.15, 0.2) is 90.7 Å². The van der Waals surface area contributed by atoms with Crippen LogP contribution in [-0.4, -0.2) is 105 Å². The monoisotopic (exact) mass is 1180 g/mol. The molecule has 0 spiro atoms. The maximum Gasteiger partial charge on any atom is 0.358 e. The molecule has 85 heavy (non-hydrogen) atoms. The zero-order valence-corrected chi connectivity index (χ0v) is 49.7. The minimum atomic E-state index is -1.05. The number of carbonyl (C=O) groups excluding carboxylic acids is 2. The minimum Gasteiger partial charge on any atom is -0.476 e. The van der Waals surface area contributed by atoms with Crippen LogP contribution in [0.25, 0.3) is 12.2 Å². The number of unbranched alkanes of at least 4 members (excludes halogenated alkanes) is 2. The first-order chi connectivity index (χ1) is 40.3. The van der Waals surface area contributed by atoms with Gasteiger partial charge in [0.1, 0.15) is 0 Å². The third kappa shape index (κ3) is 19.5. The van der Waals surface area contributed by atoms with Crippen molar-refractivity contribution in [2.45, 2.75) is 156 Å². The van der Waals surface area contributed by atoms with E-state index in [0.29, 0.717) is 49.7 Å². The van der Waals surface area contributed by atoms with Gasteiger partial charge in [0.15, 0.2) is 11.4 Å². The predicted molar refractivity (Wildman–Crippen MR) is 319 cm³/mol. The van der Waals surface area contributed by atoms with Gasteiger partial charge < -0.3 is 36.8 Å². The highest BCUT2D eigenvalue weighted by molar-refractivity contribution is 5.91. The molecule has 1 amide bonds. The molecule has 0 aromatic carbocycles. The topological polar surface area (TPSA) is 337 Å². The number of nitrogens with one attached hydrogen (secondary N) is 1. The van der Waals surface area contributed by atoms with Crippen molar-refractivity contribution in [1.29, 1.82) is 0 Å². The summed E-state index contributed by atoms with van der Waals surface area (Å²) in [7, 11) is 0. The number of pyridine rings is 3. The number of amides is 1. The average Bonchev–Trinajstić information content (AvgIpc) is 4.41. The van der Waals surface area contributed by atoms with Gasteiger partial charge in [0, 0.05) is 57.6 Å². The highest BCUT2D eigenvalue weighted by Crippen LogP contribution is 2.43. The Morgan fingerprint density at radius 3 is 1.56 bits per heavy atom. The number of fused-ring (bicyclic) bond motifs is 2. The van der Waals surface area contributed by atoms with Gasteiger partial charge in [-0.05, 0) is 181 Å². The van der Waals surface area contributed by atoms with Crippen LogP contribution in [0.2, 0.25) is 0 Å². The van der Waals surface area contributed by atoms with Gasteiger partial charge in [-0.2, -0.15) is 20.4 Å². The molecule has 2 saturated carbocycles. The highest BCUT2D eigenvalue weighted by atomic mass is 35.5. The van der Waals surface area contributed by atoms with Crippen LogP contribution in [0.4, 0.5) is 0 Å². The number of carbonyl (C=O) groups is 3. The van der Waals surface area contributed by atoms with Crippen molar-refractivity contribution in [2.75, 3.05) is 6.61 Å². The second kappa shape index (κ2) is 30.1. The van der Waals surface area contributed by atoms with E-state index in [9.17, 15) is 24.6 Å². The van der Waals surface area contributed by atoms with Gasteiger partial charge in [-0.1, -0.05) is 33.7 Å². The minimum absolute atomic E-state index is 0. The molecule has 24 heteroatoms. The fourth-order valence-electron chi connectivity index (χ4n) is 9.33. The molecule has 2 fully saturated rings. The standard InChI is InChI=1S/C26H31N7O2.C17H19N5O2.C9H12N2O2.C9H14N2O.ClH/c1-26(2,35)20-8-9-27-22(14-20)15-28-25(34)24-16-33(32-31-24)10-4-3-5-21-12-19-11-18(17-6-7-17)13-23(19)30-29-21;23-17(24)16-10-22(21-20-16)6-2-1-3-14-8-13-7-12(11-4-5-11)9-15(13)19-18-14;1-2-13-9(12)7-3-4-11-8(5-7)6-10;1-9(2,12)7-3-4-11-8(5-7)6-10;/h8-9,11-12,14,16-17,35H,3-7,10,13,15H2,1-2H3,(H,28,34);7-8,10-11H,1-6,9H2,(H,23,24);3-5H,2,6,10H2,1H3;3-5,12H,6,10H2,1-2H3;1H. The number of carboxylic acids is 1. The van der Waals surface area contributed by atoms with E-state index in [1.165, 1.54) is 54.2 Å². The molecule has 0 saturated heterocycles. The quantitative estimate of drug-likeness (QED) is 0.0293. The average molecular weight is 1180 g/mol. The normalized spacial score (nSPS) is 13.9. The second-order valence-corrected chi connectivity index (χ2v) is 22.3. The maximum atomic E-state index is 12.5. The van der Waals surface area contributed by atoms with Crippen molar-refractivity contribution >= 4 is 42.4 Å². The molecule has 0 radical (unpaired) electrons. The molecule has 11 rings (SSSR count). The molecule has 23 nitrogen and oxygen atoms in total. The zero-order valence-electron chi connectivity index (χ0n) is 48.9. The summed E-state index contributed by atoms with van der Waals surface area (Å²) in [4.78, 5) is 46.7. The van der Waals surface area contributed by atoms with E-state index in [-0.39, 0.29) is 42.2 Å². The van der Waals surface area contributed by atoms with Crippen LogP contribution in [-0.2, 0) is 74.3 Å². The number of ether oxygens (including phenoxy) is 1. The number of aromatic nitrogens is 13. The van der Waals surface area contributed by atoms with Crippen molar-refractivity contribution in [1.82, 2.24) is 70.7 Å². The summed E-state index contributed by atoms with van der Waals surface area (Å²) in [6.07, 6.45) is 25.3. The van der Waals surface area contributed by atoms with Crippen molar-refractivity contribution in [3.8, 4) is 0 Å². The highest BCUT2D eigenvalue weighted by Gasteiger charge is 2.31. The number of allylic oxidation sites excluding steroid dienone is 2. The SMILES string of the molecule is CC(C)(O)c1ccnc(CN)c1.CC(C)(O)c1ccnc(CNC(=O)c2cn(CCCCc3cc4c(nn3)CC(C3CC3)=C4)nn2)c1.CCOC(=O)c1ccnc(CN)c1.Cl.O=C(O)c1cn(CCCCc2cc3c(nn2)CC(C2CC2)=C3)nn1. The van der Waals surface area contributed by atoms with Gasteiger partial charge in [-0.15, -0.1) is 22.6 Å². The maximum absolute atomic E-state index is 12.5. The molecule has 7 aromatic heterocycles. The van der Waals surface area contributed by atoms with E-state index in [0.717, 1.165) is 103 Å². The predicted octanol–water partition coefficient (Wildman–Crippen LogP) is 7.04. The molecule has 0 unspecified atom stereocenters. The lowest BCUT2D eigenvalue weighted by molar-refractivity contribution is 0.0525. The molecule has 8 N–H and O–H groups in total. The van der Waals surface area contributed by atoms with E-state index in [2.05, 4.69) is 85.6 Å². The number of aryl methyl sites for hydroxylation is 4. The third-order valence-corrected chi connectivity index (χ3v) is 14.4. The van der Waals surface area contributed by atoms with Crippen LogP contribution < -0.4 is 16.8 Å². The lowest BCUT2D eigenvalue weighted by Gasteiger charge is -2.18. The molecule has 4 aliphatic rings. The summed E-state index contributed by atoms with van der Waals surface area (Å²) in [5.41, 5.74) is 23.3. The van der Waals surface area contributed by atoms with Gasteiger partial charge in [0.25, 0.3) is 5.91 Å². The van der Waals surface area contributed by atoms with E-state index in [1.807, 2.05) is 6.07 Å². The van der Waals surface area contributed by atoms with Crippen LogP contribution >= 0.6 is 12.4 Å². The van der Waals surface area contributed by atoms with Gasteiger partial charge >= 0.3 is 11.9 Å². The summed E-state index contributed by atoms with van der Waals surface area (Å²) in [6.45, 7) is 11.4. The van der Waals surface area contributed by atoms with Crippen LogP contribution in [0.5, 0.6) is 0 Å². The number of hydrogen-bond acceptors (Lipinski definition) is 19. The third-order valence-electron chi connectivity index (χ3n) is 14.4. The number of halogens is 1. The largest absolute Gasteiger partial charge is 0.476 e. The van der Waals surface area contributed by atoms with Gasteiger partial charge in [-0.25, -0.2) is 9.59 Å². The van der Waals surface area contributed by atoms with E-state index in [4.69, 9.17) is 21.3 Å². The summed E-state index contributed by atoms with van der Waals surface area (Å²) in [5, 5.41) is 64.5. The van der Waals surface area contributed by atoms with Crippen LogP contribution in [0.3, 0.4) is 0 Å². The Hall–Kier alpha value is -8.09. The molecule has 450 valence electrons. The molecule has 7 aromatic rings. The van der Waals surface area contributed by atoms with Crippen LogP contribution in [0, 0.1) is 11.8 Å². The second-order valence-electron chi connectivity index (χ2n) is 22.3. The lowest BCUT2D eigenvalue weighted by Crippen LogP contribution is -2.24. The molecule has 7 heterocycles. The lowest BCUT2D eigenvalue weighted by atomic mass is 9.99. The Morgan fingerprint density at radius 2 is 1.09 bits per heavy atom. The summed E-state index contributed by atoms with van der Waals surface area (Å²) < 4.78 is 8.09. The smallest absolute Gasteiger partial charge is 0.358 e. The van der Waals surface area contributed by atoms with E-state index >= 15 is 0 Å². The number of nitrogens with zero attached hydrogens (tertiary/aromatic N) is 13. The molecular formula is C61H77ClN16O7. The number of esters is 1. The summed E-state index contributed by atoms with van der Waals surface area (Å²) in [5.74, 6) is -0.114. The Kier molecular flexibility index (Phi) is 22.9.